The van der Waals surface area contributed by atoms with Crippen molar-refractivity contribution in [2.75, 3.05) is 24.1 Å². The highest BCUT2D eigenvalue weighted by molar-refractivity contribution is 7.19. The lowest BCUT2D eigenvalue weighted by Gasteiger charge is -2.02. The summed E-state index contributed by atoms with van der Waals surface area (Å²) in [5.74, 6) is -0.972. The smallest absolute Gasteiger partial charge is 0.263 e. The molecule has 1 aromatic rings. The van der Waals surface area contributed by atoms with E-state index in [9.17, 15) is 9.59 Å². The van der Waals surface area contributed by atoms with Crippen LogP contribution in [0.15, 0.2) is 12.7 Å². The highest BCUT2D eigenvalue weighted by atomic mass is 32.1. The molecule has 0 saturated carbocycles. The Labute approximate surface area is 109 Å². The fourth-order valence-electron chi connectivity index (χ4n) is 1.39. The van der Waals surface area contributed by atoms with Gasteiger partial charge in [0.25, 0.3) is 11.8 Å². The van der Waals surface area contributed by atoms with Crippen molar-refractivity contribution in [1.82, 2.24) is 5.32 Å². The summed E-state index contributed by atoms with van der Waals surface area (Å²) in [5.41, 5.74) is 11.3. The van der Waals surface area contributed by atoms with Gasteiger partial charge < -0.3 is 22.1 Å². The number of thiophene rings is 1. The van der Waals surface area contributed by atoms with E-state index in [2.05, 4.69) is 17.2 Å². The van der Waals surface area contributed by atoms with Gasteiger partial charge in [-0.2, -0.15) is 0 Å². The Morgan fingerprint density at radius 2 is 2.17 bits per heavy atom. The molecule has 0 bridgehead atoms. The first-order valence-corrected chi connectivity index (χ1v) is 6.19. The van der Waals surface area contributed by atoms with Gasteiger partial charge in [-0.05, 0) is 6.92 Å². The molecule has 2 amide bonds. The van der Waals surface area contributed by atoms with Gasteiger partial charge in [0.15, 0.2) is 0 Å². The van der Waals surface area contributed by atoms with Crippen LogP contribution in [0.1, 0.15) is 27.0 Å². The lowest BCUT2D eigenvalue weighted by atomic mass is 10.2. The predicted molar refractivity (Wildman–Crippen MR) is 73.9 cm³/mol. The summed E-state index contributed by atoms with van der Waals surface area (Å²) in [6.45, 7) is 6.30. The molecule has 7 heteroatoms. The largest absolute Gasteiger partial charge is 0.397 e. The van der Waals surface area contributed by atoms with E-state index in [1.807, 2.05) is 0 Å². The molecule has 0 aromatic carbocycles. The molecule has 0 radical (unpaired) electrons. The maximum Gasteiger partial charge on any atom is 0.263 e. The van der Waals surface area contributed by atoms with Gasteiger partial charge in [0, 0.05) is 13.1 Å². The first-order valence-electron chi connectivity index (χ1n) is 5.37. The summed E-state index contributed by atoms with van der Waals surface area (Å²) in [6.07, 6.45) is 1.63. The third-order valence-electron chi connectivity index (χ3n) is 2.14. The van der Waals surface area contributed by atoms with E-state index in [-0.39, 0.29) is 22.0 Å². The molecule has 6 nitrogen and oxygen atoms in total. The molecule has 0 aliphatic rings. The van der Waals surface area contributed by atoms with Crippen molar-refractivity contribution in [3.8, 4) is 0 Å². The Morgan fingerprint density at radius 1 is 1.50 bits per heavy atom. The van der Waals surface area contributed by atoms with Crippen LogP contribution in [0.3, 0.4) is 0 Å². The molecule has 1 heterocycles. The monoisotopic (exact) mass is 268 g/mol. The zero-order valence-corrected chi connectivity index (χ0v) is 10.9. The number of anilines is 2. The fourth-order valence-corrected chi connectivity index (χ4v) is 2.44. The number of primary amides is 1. The number of carbonyl (C=O) groups is 2. The van der Waals surface area contributed by atoms with Crippen LogP contribution in [0.2, 0.25) is 0 Å². The van der Waals surface area contributed by atoms with E-state index >= 15 is 0 Å². The van der Waals surface area contributed by atoms with E-state index in [1.54, 1.807) is 13.0 Å². The maximum atomic E-state index is 11.7. The third kappa shape index (κ3) is 2.80. The minimum absolute atomic E-state index is 0.116. The Bertz CT molecular complexity index is 482. The van der Waals surface area contributed by atoms with Crippen molar-refractivity contribution in [3.63, 3.8) is 0 Å². The molecule has 0 saturated heterocycles. The predicted octanol–water partition coefficient (Wildman–Crippen LogP) is 0.777. The molecule has 1 rings (SSSR count). The number of rotatable bonds is 6. The Morgan fingerprint density at radius 3 is 2.67 bits per heavy atom. The van der Waals surface area contributed by atoms with Crippen LogP contribution in [-0.2, 0) is 0 Å². The Hall–Kier alpha value is -2.02. The lowest BCUT2D eigenvalue weighted by molar-refractivity contribution is 0.0960. The molecule has 0 spiro atoms. The van der Waals surface area contributed by atoms with Gasteiger partial charge in [0.05, 0.1) is 11.3 Å². The fraction of sp³-hybridized carbons (Fsp3) is 0.273. The summed E-state index contributed by atoms with van der Waals surface area (Å²) in [7, 11) is 0. The standard InChI is InChI=1S/C11H16N4O2S/c1-3-5-15-11-6(9(13)16)7(12)8(18-11)10(17)14-4-2/h3,15H,1,4-5,12H2,2H3,(H2,13,16)(H,14,17). The van der Waals surface area contributed by atoms with Crippen LogP contribution < -0.4 is 22.1 Å². The molecule has 18 heavy (non-hydrogen) atoms. The van der Waals surface area contributed by atoms with Crippen LogP contribution in [-0.4, -0.2) is 24.9 Å². The topological polar surface area (TPSA) is 110 Å². The van der Waals surface area contributed by atoms with Crippen molar-refractivity contribution in [3.05, 3.63) is 23.1 Å². The van der Waals surface area contributed by atoms with Gasteiger partial charge in [-0.25, -0.2) is 0 Å². The summed E-state index contributed by atoms with van der Waals surface area (Å²) in [6, 6.07) is 0. The van der Waals surface area contributed by atoms with Gasteiger partial charge in [0.1, 0.15) is 9.88 Å². The number of amides is 2. The van der Waals surface area contributed by atoms with Crippen molar-refractivity contribution in [2.24, 2.45) is 5.73 Å². The summed E-state index contributed by atoms with van der Waals surface area (Å²) in [4.78, 5) is 23.4. The van der Waals surface area contributed by atoms with Crippen LogP contribution in [0.25, 0.3) is 0 Å². The Balaban J connectivity index is 3.18. The summed E-state index contributed by atoms with van der Waals surface area (Å²) < 4.78 is 0. The van der Waals surface area contributed by atoms with E-state index in [0.29, 0.717) is 18.1 Å². The normalized spacial score (nSPS) is 9.83. The van der Waals surface area contributed by atoms with E-state index in [4.69, 9.17) is 11.5 Å². The summed E-state index contributed by atoms with van der Waals surface area (Å²) >= 11 is 1.11. The molecule has 98 valence electrons. The molecule has 0 aliphatic carbocycles. The molecule has 6 N–H and O–H groups in total. The zero-order valence-electron chi connectivity index (χ0n) is 10.1. The number of hydrogen-bond donors (Lipinski definition) is 4. The van der Waals surface area contributed by atoms with Crippen LogP contribution in [0, 0.1) is 0 Å². The molecule has 0 unspecified atom stereocenters. The van der Waals surface area contributed by atoms with E-state index < -0.39 is 5.91 Å². The highest BCUT2D eigenvalue weighted by Gasteiger charge is 2.23. The Kier molecular flexibility index (Phi) is 4.73. The van der Waals surface area contributed by atoms with E-state index in [1.165, 1.54) is 0 Å². The second-order valence-electron chi connectivity index (χ2n) is 3.44. The first-order chi connectivity index (χ1) is 8.52. The number of carbonyl (C=O) groups excluding carboxylic acids is 2. The van der Waals surface area contributed by atoms with Gasteiger partial charge in [0.2, 0.25) is 0 Å². The first kappa shape index (κ1) is 14.0. The van der Waals surface area contributed by atoms with Gasteiger partial charge in [-0.1, -0.05) is 6.08 Å². The molecule has 0 aliphatic heterocycles. The van der Waals surface area contributed by atoms with Crippen LogP contribution in [0.4, 0.5) is 10.7 Å². The van der Waals surface area contributed by atoms with Gasteiger partial charge in [-0.15, -0.1) is 17.9 Å². The lowest BCUT2D eigenvalue weighted by Crippen LogP contribution is -2.23. The molecule has 0 fully saturated rings. The highest BCUT2D eigenvalue weighted by Crippen LogP contribution is 2.35. The number of nitrogens with two attached hydrogens (primary N) is 2. The molecule has 0 atom stereocenters. The van der Waals surface area contributed by atoms with Gasteiger partial charge in [-0.3, -0.25) is 9.59 Å². The molecule has 1 aromatic heterocycles. The van der Waals surface area contributed by atoms with Crippen LogP contribution >= 0.6 is 11.3 Å². The number of nitrogens with one attached hydrogen (secondary N) is 2. The van der Waals surface area contributed by atoms with Gasteiger partial charge >= 0.3 is 0 Å². The van der Waals surface area contributed by atoms with Crippen LogP contribution in [0.5, 0.6) is 0 Å². The van der Waals surface area contributed by atoms with Crippen molar-refractivity contribution in [2.45, 2.75) is 6.92 Å². The minimum atomic E-state index is -0.661. The SMILES string of the molecule is C=CCNc1sc(C(=O)NCC)c(N)c1C(N)=O. The zero-order chi connectivity index (χ0) is 13.7. The quantitative estimate of drug-likeness (QED) is 0.571. The average molecular weight is 268 g/mol. The number of nitrogen functional groups attached to an aromatic ring is 1. The van der Waals surface area contributed by atoms with Crippen molar-refractivity contribution >= 4 is 33.8 Å². The molecular formula is C11H16N4O2S. The van der Waals surface area contributed by atoms with Crippen molar-refractivity contribution in [1.29, 1.82) is 0 Å². The molecular weight excluding hydrogens is 252 g/mol. The number of hydrogen-bond acceptors (Lipinski definition) is 5. The second kappa shape index (κ2) is 6.06. The maximum absolute atomic E-state index is 11.7. The minimum Gasteiger partial charge on any atom is -0.397 e. The third-order valence-corrected chi connectivity index (χ3v) is 3.30. The average Bonchev–Trinajstić information content (AvgIpc) is 2.64. The second-order valence-corrected chi connectivity index (χ2v) is 4.46. The van der Waals surface area contributed by atoms with E-state index in [0.717, 1.165) is 11.3 Å². The summed E-state index contributed by atoms with van der Waals surface area (Å²) in [5, 5.41) is 6.06. The van der Waals surface area contributed by atoms with Crippen molar-refractivity contribution < 1.29 is 9.59 Å².